The van der Waals surface area contributed by atoms with Crippen molar-refractivity contribution in [3.8, 4) is 0 Å². The lowest BCUT2D eigenvalue weighted by Gasteiger charge is -2.29. The first-order valence-electron chi connectivity index (χ1n) is 6.33. The van der Waals surface area contributed by atoms with Gasteiger partial charge in [0.1, 0.15) is 5.60 Å². The number of rotatable bonds is 4. The van der Waals surface area contributed by atoms with Gasteiger partial charge in [-0.3, -0.25) is 0 Å². The van der Waals surface area contributed by atoms with Crippen molar-refractivity contribution in [3.05, 3.63) is 11.9 Å². The molecule has 4 nitrogen and oxygen atoms in total. The standard InChI is InChI=1S/C12H21N3O/c1-3-8-15-11(9-13-14-15)12(16)7-5-6-10(12)4-2/h9-10,16H,3-8H2,1-2H3. The van der Waals surface area contributed by atoms with Crippen LogP contribution in [0.1, 0.15) is 51.6 Å². The molecule has 1 heterocycles. The zero-order valence-electron chi connectivity index (χ0n) is 10.2. The molecule has 1 N–H and O–H groups in total. The molecule has 16 heavy (non-hydrogen) atoms. The topological polar surface area (TPSA) is 50.9 Å². The molecule has 2 unspecified atom stereocenters. The summed E-state index contributed by atoms with van der Waals surface area (Å²) < 4.78 is 1.87. The van der Waals surface area contributed by atoms with E-state index in [1.165, 1.54) is 0 Å². The molecule has 2 atom stereocenters. The van der Waals surface area contributed by atoms with Gasteiger partial charge in [0.15, 0.2) is 0 Å². The summed E-state index contributed by atoms with van der Waals surface area (Å²) in [6, 6.07) is 0. The molecule has 0 bridgehead atoms. The van der Waals surface area contributed by atoms with E-state index in [-0.39, 0.29) is 0 Å². The maximum Gasteiger partial charge on any atom is 0.111 e. The van der Waals surface area contributed by atoms with Gasteiger partial charge in [0.2, 0.25) is 0 Å². The zero-order valence-corrected chi connectivity index (χ0v) is 10.2. The maximum absolute atomic E-state index is 10.8. The molecule has 0 amide bonds. The van der Waals surface area contributed by atoms with Crippen molar-refractivity contribution >= 4 is 0 Å². The van der Waals surface area contributed by atoms with Crippen LogP contribution >= 0.6 is 0 Å². The predicted octanol–water partition coefficient (Wildman–Crippen LogP) is 2.09. The second-order valence-electron chi connectivity index (χ2n) is 4.76. The molecule has 0 radical (unpaired) electrons. The van der Waals surface area contributed by atoms with E-state index in [4.69, 9.17) is 0 Å². The molecule has 0 spiro atoms. The Balaban J connectivity index is 2.30. The van der Waals surface area contributed by atoms with Gasteiger partial charge in [0.05, 0.1) is 11.9 Å². The Morgan fingerprint density at radius 3 is 3.06 bits per heavy atom. The van der Waals surface area contributed by atoms with Gasteiger partial charge in [-0.15, -0.1) is 5.10 Å². The summed E-state index contributed by atoms with van der Waals surface area (Å²) in [4.78, 5) is 0. The second-order valence-corrected chi connectivity index (χ2v) is 4.76. The van der Waals surface area contributed by atoms with Crippen LogP contribution in [0.25, 0.3) is 0 Å². The minimum Gasteiger partial charge on any atom is -0.383 e. The van der Waals surface area contributed by atoms with Crippen LogP contribution in [-0.4, -0.2) is 20.1 Å². The van der Waals surface area contributed by atoms with Crippen molar-refractivity contribution in [1.82, 2.24) is 15.0 Å². The highest BCUT2D eigenvalue weighted by atomic mass is 16.3. The fourth-order valence-electron chi connectivity index (χ4n) is 2.91. The summed E-state index contributed by atoms with van der Waals surface area (Å²) in [5, 5.41) is 18.8. The minimum atomic E-state index is -0.687. The van der Waals surface area contributed by atoms with Gasteiger partial charge in [0, 0.05) is 6.54 Å². The molecule has 1 aromatic heterocycles. The van der Waals surface area contributed by atoms with Crippen LogP contribution < -0.4 is 0 Å². The molecule has 1 aliphatic rings. The van der Waals surface area contributed by atoms with E-state index in [9.17, 15) is 5.11 Å². The van der Waals surface area contributed by atoms with Crippen LogP contribution in [0, 0.1) is 5.92 Å². The van der Waals surface area contributed by atoms with Crippen molar-refractivity contribution in [2.24, 2.45) is 5.92 Å². The van der Waals surface area contributed by atoms with E-state index in [0.29, 0.717) is 5.92 Å². The molecule has 0 aliphatic heterocycles. The Bertz CT molecular complexity index is 350. The Morgan fingerprint density at radius 2 is 2.38 bits per heavy atom. The van der Waals surface area contributed by atoms with E-state index < -0.39 is 5.60 Å². The van der Waals surface area contributed by atoms with Crippen LogP contribution in [0.15, 0.2) is 6.20 Å². The fourth-order valence-corrected chi connectivity index (χ4v) is 2.91. The highest BCUT2D eigenvalue weighted by molar-refractivity contribution is 5.12. The van der Waals surface area contributed by atoms with Crippen molar-refractivity contribution in [2.45, 2.75) is 58.1 Å². The summed E-state index contributed by atoms with van der Waals surface area (Å²) in [7, 11) is 0. The van der Waals surface area contributed by atoms with Crippen molar-refractivity contribution in [3.63, 3.8) is 0 Å². The zero-order chi connectivity index (χ0) is 11.6. The normalized spacial score (nSPS) is 29.8. The first-order valence-corrected chi connectivity index (χ1v) is 6.33. The Morgan fingerprint density at radius 1 is 1.56 bits per heavy atom. The molecule has 0 aromatic carbocycles. The van der Waals surface area contributed by atoms with Crippen molar-refractivity contribution in [2.75, 3.05) is 0 Å². The molecule has 1 fully saturated rings. The molecule has 1 saturated carbocycles. The summed E-state index contributed by atoms with van der Waals surface area (Å²) >= 11 is 0. The third-order valence-electron chi connectivity index (χ3n) is 3.78. The monoisotopic (exact) mass is 223 g/mol. The van der Waals surface area contributed by atoms with Gasteiger partial charge in [-0.25, -0.2) is 4.68 Å². The SMILES string of the molecule is CCCn1nncc1C1(O)CCCC1CC. The van der Waals surface area contributed by atoms with Crippen LogP contribution in [0.5, 0.6) is 0 Å². The molecule has 1 aliphatic carbocycles. The van der Waals surface area contributed by atoms with Crippen LogP contribution in [0.2, 0.25) is 0 Å². The summed E-state index contributed by atoms with van der Waals surface area (Å²) in [6.07, 6.45) is 6.85. The average molecular weight is 223 g/mol. The molecule has 0 saturated heterocycles. The van der Waals surface area contributed by atoms with E-state index in [2.05, 4.69) is 24.2 Å². The van der Waals surface area contributed by atoms with Crippen molar-refractivity contribution < 1.29 is 5.11 Å². The van der Waals surface area contributed by atoms with Crippen LogP contribution in [-0.2, 0) is 12.1 Å². The predicted molar refractivity (Wildman–Crippen MR) is 61.8 cm³/mol. The highest BCUT2D eigenvalue weighted by Crippen LogP contribution is 2.44. The Kier molecular flexibility index (Phi) is 3.28. The third kappa shape index (κ3) is 1.75. The fraction of sp³-hybridized carbons (Fsp3) is 0.833. The van der Waals surface area contributed by atoms with Gasteiger partial charge in [0.25, 0.3) is 0 Å². The number of hydrogen-bond donors (Lipinski definition) is 1. The summed E-state index contributed by atoms with van der Waals surface area (Å²) in [6.45, 7) is 5.10. The summed E-state index contributed by atoms with van der Waals surface area (Å²) in [5.74, 6) is 0.363. The smallest absolute Gasteiger partial charge is 0.111 e. The lowest BCUT2D eigenvalue weighted by Crippen LogP contribution is -2.32. The summed E-state index contributed by atoms with van der Waals surface area (Å²) in [5.41, 5.74) is 0.228. The first-order chi connectivity index (χ1) is 7.72. The largest absolute Gasteiger partial charge is 0.383 e. The van der Waals surface area contributed by atoms with Gasteiger partial charge in [-0.05, 0) is 31.6 Å². The number of nitrogens with zero attached hydrogens (tertiary/aromatic N) is 3. The molecule has 1 aromatic rings. The molecular weight excluding hydrogens is 202 g/mol. The number of hydrogen-bond acceptors (Lipinski definition) is 3. The Labute approximate surface area is 96.7 Å². The molecule has 2 rings (SSSR count). The maximum atomic E-state index is 10.8. The first kappa shape index (κ1) is 11.6. The van der Waals surface area contributed by atoms with E-state index in [1.54, 1.807) is 6.20 Å². The van der Waals surface area contributed by atoms with Gasteiger partial charge < -0.3 is 5.11 Å². The average Bonchev–Trinajstić information content (AvgIpc) is 2.86. The molecule has 4 heteroatoms. The minimum absolute atomic E-state index is 0.363. The van der Waals surface area contributed by atoms with Gasteiger partial charge in [-0.2, -0.15) is 0 Å². The van der Waals surface area contributed by atoms with E-state index in [1.807, 2.05) is 4.68 Å². The van der Waals surface area contributed by atoms with Gasteiger partial charge in [-0.1, -0.05) is 25.5 Å². The van der Waals surface area contributed by atoms with Crippen molar-refractivity contribution in [1.29, 1.82) is 0 Å². The number of aryl methyl sites for hydroxylation is 1. The number of aromatic nitrogens is 3. The Hall–Kier alpha value is -0.900. The highest BCUT2D eigenvalue weighted by Gasteiger charge is 2.43. The second kappa shape index (κ2) is 4.53. The van der Waals surface area contributed by atoms with Crippen LogP contribution in [0.3, 0.4) is 0 Å². The van der Waals surface area contributed by atoms with E-state index in [0.717, 1.165) is 44.3 Å². The third-order valence-corrected chi connectivity index (χ3v) is 3.78. The molecule has 90 valence electrons. The van der Waals surface area contributed by atoms with Crippen LogP contribution in [0.4, 0.5) is 0 Å². The van der Waals surface area contributed by atoms with Gasteiger partial charge >= 0.3 is 0 Å². The lowest BCUT2D eigenvalue weighted by atomic mass is 9.86. The quantitative estimate of drug-likeness (QED) is 0.850. The lowest BCUT2D eigenvalue weighted by molar-refractivity contribution is -0.0122. The van der Waals surface area contributed by atoms with E-state index >= 15 is 0 Å². The molecular formula is C12H21N3O. The number of aliphatic hydroxyl groups is 1.